The van der Waals surface area contributed by atoms with Crippen LogP contribution in [0.15, 0.2) is 24.3 Å². The van der Waals surface area contributed by atoms with Crippen LogP contribution in [0.1, 0.15) is 59.3 Å². The topological polar surface area (TPSA) is 6.48 Å². The zero-order chi connectivity index (χ0) is 17.6. The van der Waals surface area contributed by atoms with Crippen molar-refractivity contribution in [2.24, 2.45) is 0 Å². The minimum atomic E-state index is -2.32. The van der Waals surface area contributed by atoms with Crippen molar-refractivity contribution >= 4 is 29.8 Å². The standard InChI is InChI=1S/C9H11N2.3C4H9.Sn/c1-10-7-11(2)9-6-4-3-5-8(9)10;3*1-3-4-2;/h3-7H,1-2H3;3*1,3-4H2,2H3;. The third-order valence-electron chi connectivity index (χ3n) is 6.01. The summed E-state index contributed by atoms with van der Waals surface area (Å²) in [5.41, 5.74) is 2.91. The molecule has 136 valence electrons. The van der Waals surface area contributed by atoms with Crippen molar-refractivity contribution in [3.8, 4) is 0 Å². The van der Waals surface area contributed by atoms with Crippen LogP contribution in [0.25, 0.3) is 0 Å². The molecule has 1 aromatic carbocycles. The Morgan fingerprint density at radius 3 is 1.46 bits per heavy atom. The van der Waals surface area contributed by atoms with Gasteiger partial charge in [0.05, 0.1) is 0 Å². The average Bonchev–Trinajstić information content (AvgIpc) is 2.87. The van der Waals surface area contributed by atoms with Gasteiger partial charge in [-0.25, -0.2) is 0 Å². The molecule has 1 heterocycles. The molecule has 1 aromatic rings. The molecule has 3 heteroatoms. The van der Waals surface area contributed by atoms with Crippen molar-refractivity contribution in [2.75, 3.05) is 23.9 Å². The van der Waals surface area contributed by atoms with E-state index in [1.165, 1.54) is 49.9 Å². The van der Waals surface area contributed by atoms with Gasteiger partial charge in [-0.05, 0) is 0 Å². The number of para-hydroxylation sites is 2. The van der Waals surface area contributed by atoms with Gasteiger partial charge in [0, 0.05) is 0 Å². The second-order valence-corrected chi connectivity index (χ2v) is 21.3. The van der Waals surface area contributed by atoms with E-state index in [1.54, 1.807) is 13.3 Å². The number of hydrogen-bond donors (Lipinski definition) is 0. The molecule has 0 saturated carbocycles. The normalized spacial score (nSPS) is 15.2. The van der Waals surface area contributed by atoms with Gasteiger partial charge in [-0.15, -0.1) is 0 Å². The molecule has 0 saturated heterocycles. The first kappa shape index (κ1) is 19.9. The Balaban J connectivity index is 2.37. The van der Waals surface area contributed by atoms with Crippen LogP contribution in [0, 0.1) is 0 Å². The van der Waals surface area contributed by atoms with Crippen LogP contribution >= 0.6 is 0 Å². The fourth-order valence-electron chi connectivity index (χ4n) is 4.75. The van der Waals surface area contributed by atoms with Crippen LogP contribution in [0.5, 0.6) is 0 Å². The summed E-state index contributed by atoms with van der Waals surface area (Å²) in [6, 6.07) is 9.05. The summed E-state index contributed by atoms with van der Waals surface area (Å²) in [5.74, 6) is 0. The zero-order valence-electron chi connectivity index (χ0n) is 16.6. The van der Waals surface area contributed by atoms with E-state index in [2.05, 4.69) is 68.9 Å². The molecule has 0 atom stereocenters. The fraction of sp³-hybridized carbons (Fsp3) is 0.714. The molecule has 0 radical (unpaired) electrons. The van der Waals surface area contributed by atoms with Gasteiger partial charge in [-0.3, -0.25) is 0 Å². The number of rotatable bonds is 10. The maximum absolute atomic E-state index is 2.66. The molecule has 0 unspecified atom stereocenters. The van der Waals surface area contributed by atoms with Gasteiger partial charge in [-0.1, -0.05) is 0 Å². The molecule has 2 rings (SSSR count). The summed E-state index contributed by atoms with van der Waals surface area (Å²) in [6.45, 7) is 7.10. The van der Waals surface area contributed by atoms with Gasteiger partial charge in [0.1, 0.15) is 0 Å². The zero-order valence-corrected chi connectivity index (χ0v) is 19.5. The van der Waals surface area contributed by atoms with Crippen molar-refractivity contribution in [2.45, 2.75) is 76.8 Å². The number of fused-ring (bicyclic) bond motifs is 1. The SMILES string of the molecule is CCC[CH2][Sn]([CH2]CCC)([CH2]CCC)[CH]1N(C)c2ccccc2N1C. The molecule has 1 aliphatic rings. The van der Waals surface area contributed by atoms with Gasteiger partial charge >= 0.3 is 155 Å². The van der Waals surface area contributed by atoms with Crippen molar-refractivity contribution in [1.29, 1.82) is 0 Å². The van der Waals surface area contributed by atoms with E-state index in [0.717, 1.165) is 0 Å². The molecule has 24 heavy (non-hydrogen) atoms. The summed E-state index contributed by atoms with van der Waals surface area (Å²) in [4.78, 5) is 5.32. The van der Waals surface area contributed by atoms with E-state index in [9.17, 15) is 0 Å². The van der Waals surface area contributed by atoms with Crippen LogP contribution in [-0.2, 0) is 0 Å². The van der Waals surface area contributed by atoms with Crippen molar-refractivity contribution in [1.82, 2.24) is 0 Å². The van der Waals surface area contributed by atoms with Gasteiger partial charge in [0.15, 0.2) is 0 Å². The first-order chi connectivity index (χ1) is 11.6. The fourth-order valence-corrected chi connectivity index (χ4v) is 23.6. The summed E-state index contributed by atoms with van der Waals surface area (Å²) >= 11 is -2.32. The van der Waals surface area contributed by atoms with Crippen LogP contribution in [0.4, 0.5) is 11.4 Å². The van der Waals surface area contributed by atoms with Gasteiger partial charge in [0.25, 0.3) is 0 Å². The van der Waals surface area contributed by atoms with Crippen LogP contribution < -0.4 is 9.80 Å². The van der Waals surface area contributed by atoms with E-state index in [1.807, 2.05) is 0 Å². The van der Waals surface area contributed by atoms with Crippen molar-refractivity contribution in [3.63, 3.8) is 0 Å². The second-order valence-electron chi connectivity index (χ2n) is 7.76. The summed E-state index contributed by atoms with van der Waals surface area (Å²) in [7, 11) is 4.73. The first-order valence-electron chi connectivity index (χ1n) is 10.2. The van der Waals surface area contributed by atoms with E-state index in [4.69, 9.17) is 0 Å². The predicted molar refractivity (Wildman–Crippen MR) is 112 cm³/mol. The van der Waals surface area contributed by atoms with Crippen molar-refractivity contribution < 1.29 is 0 Å². The Bertz CT molecular complexity index is 452. The Labute approximate surface area is 154 Å². The summed E-state index contributed by atoms with van der Waals surface area (Å²) in [5, 5.41) is 0. The Kier molecular flexibility index (Phi) is 7.77. The minimum absolute atomic E-state index is 0.710. The molecule has 0 aliphatic carbocycles. The Morgan fingerprint density at radius 1 is 0.750 bits per heavy atom. The predicted octanol–water partition coefficient (Wildman–Crippen LogP) is 6.29. The molecule has 2 nitrogen and oxygen atoms in total. The van der Waals surface area contributed by atoms with E-state index >= 15 is 0 Å². The number of unbranched alkanes of at least 4 members (excludes halogenated alkanes) is 3. The molecule has 0 fully saturated rings. The average molecular weight is 437 g/mol. The van der Waals surface area contributed by atoms with E-state index in [0.29, 0.717) is 4.18 Å². The van der Waals surface area contributed by atoms with Crippen LogP contribution in [0.3, 0.4) is 0 Å². The Hall–Kier alpha value is -0.381. The third kappa shape index (κ3) is 4.05. The summed E-state index contributed by atoms with van der Waals surface area (Å²) < 4.78 is 5.41. The quantitative estimate of drug-likeness (QED) is 0.397. The van der Waals surface area contributed by atoms with Crippen molar-refractivity contribution in [3.05, 3.63) is 24.3 Å². The number of anilines is 2. The molecule has 0 spiro atoms. The molecular weight excluding hydrogens is 399 g/mol. The molecular formula is C21H38N2Sn. The molecule has 0 N–H and O–H groups in total. The molecule has 1 aliphatic heterocycles. The maximum atomic E-state index is 2.66. The number of nitrogens with zero attached hydrogens (tertiary/aromatic N) is 2. The molecule has 0 bridgehead atoms. The van der Waals surface area contributed by atoms with Crippen LogP contribution in [0.2, 0.25) is 13.3 Å². The van der Waals surface area contributed by atoms with Gasteiger partial charge in [0.2, 0.25) is 0 Å². The van der Waals surface area contributed by atoms with Gasteiger partial charge < -0.3 is 0 Å². The van der Waals surface area contributed by atoms with E-state index in [-0.39, 0.29) is 0 Å². The van der Waals surface area contributed by atoms with E-state index < -0.39 is 18.4 Å². The third-order valence-corrected chi connectivity index (χ3v) is 22.9. The molecule has 0 amide bonds. The second kappa shape index (κ2) is 9.35. The number of benzene rings is 1. The van der Waals surface area contributed by atoms with Gasteiger partial charge in [-0.2, -0.15) is 0 Å². The van der Waals surface area contributed by atoms with Crippen LogP contribution in [-0.4, -0.2) is 36.7 Å². The first-order valence-corrected chi connectivity index (χ1v) is 17.9. The Morgan fingerprint density at radius 2 is 1.12 bits per heavy atom. The monoisotopic (exact) mass is 438 g/mol. The molecule has 0 aromatic heterocycles. The number of hydrogen-bond acceptors (Lipinski definition) is 2. The summed E-state index contributed by atoms with van der Waals surface area (Å²) in [6.07, 6.45) is 8.38.